The van der Waals surface area contributed by atoms with E-state index in [2.05, 4.69) is 62.9 Å². The molecular weight excluding hydrogens is 539 g/mol. The maximum atomic E-state index is 11.6. The summed E-state index contributed by atoms with van der Waals surface area (Å²) in [4.78, 5) is 10.9. The summed E-state index contributed by atoms with van der Waals surface area (Å²) in [6, 6.07) is 4.63. The Hall–Kier alpha value is -1.43. The van der Waals surface area contributed by atoms with Crippen LogP contribution in [-0.4, -0.2) is 10.1 Å². The second-order valence-corrected chi connectivity index (χ2v) is 7.54. The van der Waals surface area contributed by atoms with Crippen LogP contribution in [0.25, 0.3) is 11.0 Å². The fourth-order valence-electron chi connectivity index (χ4n) is 2.05. The predicted octanol–water partition coefficient (Wildman–Crippen LogP) is 5.05. The normalized spacial score (nSPS) is 11.0. The van der Waals surface area contributed by atoms with Crippen LogP contribution < -0.4 is 10.2 Å². The summed E-state index contributed by atoms with van der Waals surface area (Å²) in [5.41, 5.74) is -0.0186. The highest BCUT2D eigenvalue weighted by Gasteiger charge is 2.30. The lowest BCUT2D eigenvalue weighted by atomic mass is 10.2. The minimum absolute atomic E-state index is 0.0113. The third kappa shape index (κ3) is 2.96. The van der Waals surface area contributed by atoms with Crippen molar-refractivity contribution in [3.8, 4) is 0 Å². The first-order valence-electron chi connectivity index (χ1n) is 6.07. The molecule has 124 valence electrons. The van der Waals surface area contributed by atoms with Gasteiger partial charge in [0.15, 0.2) is 5.69 Å². The summed E-state index contributed by atoms with van der Waals surface area (Å²) in [5.74, 6) is 0. The van der Waals surface area contributed by atoms with Gasteiger partial charge in [-0.2, -0.15) is 0 Å². The molecule has 0 fully saturated rings. The highest BCUT2D eigenvalue weighted by atomic mass is 79.9. The van der Waals surface area contributed by atoms with Crippen LogP contribution in [0, 0.1) is 15.3 Å². The highest BCUT2D eigenvalue weighted by molar-refractivity contribution is 9.11. The fraction of sp³-hybridized carbons (Fsp3) is 0. The van der Waals surface area contributed by atoms with Gasteiger partial charge in [-0.15, -0.1) is 0 Å². The van der Waals surface area contributed by atoms with Gasteiger partial charge < -0.3 is 10.5 Å². The molecule has 0 saturated carbocycles. The Morgan fingerprint density at radius 2 is 1.83 bits per heavy atom. The molecule has 24 heavy (non-hydrogen) atoms. The SMILES string of the molecule is O=[N+]([O-])c1c(Cl)cc2c(no[n+]2[O-])c1Nc1c(Br)cc(Br)cc1Br. The number of hydrogen-bond donors (Lipinski definition) is 1. The highest BCUT2D eigenvalue weighted by Crippen LogP contribution is 2.43. The third-order valence-corrected chi connectivity index (χ3v) is 5.05. The molecule has 0 aliphatic heterocycles. The lowest BCUT2D eigenvalue weighted by Gasteiger charge is -2.11. The monoisotopic (exact) mass is 540 g/mol. The Bertz CT molecular complexity index is 971. The zero-order valence-electron chi connectivity index (χ0n) is 11.2. The van der Waals surface area contributed by atoms with E-state index in [1.165, 1.54) is 0 Å². The minimum atomic E-state index is -0.658. The molecule has 0 aliphatic rings. The van der Waals surface area contributed by atoms with E-state index in [-0.39, 0.29) is 26.6 Å². The van der Waals surface area contributed by atoms with Gasteiger partial charge in [-0.1, -0.05) is 27.5 Å². The first-order valence-corrected chi connectivity index (χ1v) is 8.83. The molecule has 3 aromatic rings. The third-order valence-electron chi connectivity index (χ3n) is 3.05. The van der Waals surface area contributed by atoms with Crippen molar-refractivity contribution >= 4 is 87.5 Å². The minimum Gasteiger partial charge on any atom is -0.359 e. The zero-order chi connectivity index (χ0) is 17.6. The number of hydrogen-bond acceptors (Lipinski definition) is 6. The van der Waals surface area contributed by atoms with Crippen molar-refractivity contribution in [1.82, 2.24) is 5.16 Å². The summed E-state index contributed by atoms with van der Waals surface area (Å²) >= 11 is 16.0. The number of fused-ring (bicyclic) bond motifs is 1. The molecule has 12 heteroatoms. The zero-order valence-corrected chi connectivity index (χ0v) is 16.7. The van der Waals surface area contributed by atoms with Crippen molar-refractivity contribution in [1.29, 1.82) is 0 Å². The van der Waals surface area contributed by atoms with Gasteiger partial charge in [0.25, 0.3) is 5.52 Å². The molecule has 2 aromatic carbocycles. The summed E-state index contributed by atoms with van der Waals surface area (Å²) in [6.07, 6.45) is 0. The Kier molecular flexibility index (Phi) is 4.69. The molecule has 0 amide bonds. The van der Waals surface area contributed by atoms with Gasteiger partial charge in [-0.05, 0) is 48.9 Å². The van der Waals surface area contributed by atoms with E-state index in [1.54, 1.807) is 12.1 Å². The predicted molar refractivity (Wildman–Crippen MR) is 97.5 cm³/mol. The van der Waals surface area contributed by atoms with Gasteiger partial charge in [-0.25, -0.2) is 0 Å². The molecule has 8 nitrogen and oxygen atoms in total. The fourth-order valence-corrected chi connectivity index (χ4v) is 4.78. The van der Waals surface area contributed by atoms with E-state index < -0.39 is 10.6 Å². The van der Waals surface area contributed by atoms with E-state index in [4.69, 9.17) is 11.6 Å². The summed E-state index contributed by atoms with van der Waals surface area (Å²) in [5, 5.41) is 29.3. The van der Waals surface area contributed by atoms with E-state index in [1.807, 2.05) is 0 Å². The lowest BCUT2D eigenvalue weighted by molar-refractivity contribution is -0.782. The van der Waals surface area contributed by atoms with Crippen LogP contribution in [0.3, 0.4) is 0 Å². The average molecular weight is 543 g/mol. The first kappa shape index (κ1) is 17.4. The van der Waals surface area contributed by atoms with Crippen LogP contribution in [0.4, 0.5) is 17.1 Å². The molecule has 0 saturated heterocycles. The summed E-state index contributed by atoms with van der Waals surface area (Å²) in [6.45, 7) is 0. The Morgan fingerprint density at radius 1 is 1.21 bits per heavy atom. The molecule has 0 spiro atoms. The van der Waals surface area contributed by atoms with Gasteiger partial charge >= 0.3 is 5.69 Å². The molecule has 3 rings (SSSR count). The second-order valence-electron chi connectivity index (χ2n) is 4.51. The molecule has 0 radical (unpaired) electrons. The number of nitrogens with one attached hydrogen (secondary N) is 1. The van der Waals surface area contributed by atoms with Crippen molar-refractivity contribution < 1.29 is 14.5 Å². The lowest BCUT2D eigenvalue weighted by Crippen LogP contribution is -2.22. The summed E-state index contributed by atoms with van der Waals surface area (Å²) in [7, 11) is 0. The van der Waals surface area contributed by atoms with Crippen LogP contribution >= 0.6 is 59.4 Å². The molecule has 0 atom stereocenters. The van der Waals surface area contributed by atoms with Crippen molar-refractivity contribution in [2.45, 2.75) is 0 Å². The van der Waals surface area contributed by atoms with Crippen molar-refractivity contribution in [3.05, 3.63) is 52.0 Å². The van der Waals surface area contributed by atoms with Crippen molar-refractivity contribution in [2.75, 3.05) is 5.32 Å². The number of benzene rings is 2. The Morgan fingerprint density at radius 3 is 2.42 bits per heavy atom. The molecule has 0 unspecified atom stereocenters. The number of rotatable bonds is 3. The quantitative estimate of drug-likeness (QED) is 0.281. The van der Waals surface area contributed by atoms with Gasteiger partial charge in [0.05, 0.1) is 10.6 Å². The van der Waals surface area contributed by atoms with E-state index in [0.29, 0.717) is 14.6 Å². The van der Waals surface area contributed by atoms with Gasteiger partial charge in [-0.3, -0.25) is 14.7 Å². The van der Waals surface area contributed by atoms with Crippen molar-refractivity contribution in [2.24, 2.45) is 0 Å². The van der Waals surface area contributed by atoms with Crippen LogP contribution in [0.2, 0.25) is 5.02 Å². The molecule has 1 aromatic heterocycles. The van der Waals surface area contributed by atoms with Crippen molar-refractivity contribution in [3.63, 3.8) is 0 Å². The first-order chi connectivity index (χ1) is 11.3. The maximum Gasteiger partial charge on any atom is 0.316 e. The van der Waals surface area contributed by atoms with Crippen LogP contribution in [0.5, 0.6) is 0 Å². The molecular formula is C12H4Br3ClN4O4. The average Bonchev–Trinajstić information content (AvgIpc) is 2.83. The number of nitro benzene ring substituents is 1. The maximum absolute atomic E-state index is 11.6. The molecule has 1 N–H and O–H groups in total. The standard InChI is InChI=1S/C12H4Br3ClN4O4/c13-4-1-5(14)9(6(15)2-4)17-11-10-8(20(23)24-18-10)3-7(16)12(11)19(21)22/h1-3,17H. The molecule has 1 heterocycles. The Balaban J connectivity index is 2.29. The summed E-state index contributed by atoms with van der Waals surface area (Å²) < 4.78 is 6.54. The topological polar surface area (TPSA) is 108 Å². The smallest absolute Gasteiger partial charge is 0.316 e. The number of nitro groups is 1. The van der Waals surface area contributed by atoms with Crippen LogP contribution in [0.1, 0.15) is 0 Å². The Labute approximate surface area is 163 Å². The van der Waals surface area contributed by atoms with Gasteiger partial charge in [0, 0.05) is 24.6 Å². The van der Waals surface area contributed by atoms with Crippen LogP contribution in [0.15, 0.2) is 36.2 Å². The molecule has 0 aliphatic carbocycles. The molecule has 0 bridgehead atoms. The number of nitrogens with zero attached hydrogens (tertiary/aromatic N) is 3. The van der Waals surface area contributed by atoms with E-state index in [0.717, 1.165) is 10.5 Å². The van der Waals surface area contributed by atoms with Gasteiger partial charge in [0.1, 0.15) is 5.02 Å². The largest absolute Gasteiger partial charge is 0.359 e. The van der Waals surface area contributed by atoms with E-state index >= 15 is 0 Å². The van der Waals surface area contributed by atoms with Crippen LogP contribution in [-0.2, 0) is 0 Å². The second kappa shape index (κ2) is 6.47. The number of anilines is 2. The number of aromatic nitrogens is 2. The van der Waals surface area contributed by atoms with Gasteiger partial charge in [0.2, 0.25) is 5.52 Å². The van der Waals surface area contributed by atoms with E-state index in [9.17, 15) is 15.3 Å². The number of halogens is 4.